The van der Waals surface area contributed by atoms with Crippen molar-refractivity contribution in [3.63, 3.8) is 0 Å². The van der Waals surface area contributed by atoms with Crippen LogP contribution in [0.3, 0.4) is 0 Å². The van der Waals surface area contributed by atoms with Gasteiger partial charge >= 0.3 is 0 Å². The van der Waals surface area contributed by atoms with Gasteiger partial charge in [-0.15, -0.1) is 0 Å². The van der Waals surface area contributed by atoms with Crippen LogP contribution < -0.4 is 9.64 Å². The second-order valence-electron chi connectivity index (χ2n) is 13.7. The molecule has 9 heteroatoms. The summed E-state index contributed by atoms with van der Waals surface area (Å²) < 4.78 is 28.7. The molecule has 0 spiro atoms. The molecule has 47 heavy (non-hydrogen) atoms. The molecule has 6 rings (SSSR count). The second-order valence-corrected chi connectivity index (χ2v) is 13.7. The molecule has 3 atom stereocenters. The van der Waals surface area contributed by atoms with Crippen LogP contribution in [0.5, 0.6) is 5.75 Å². The Morgan fingerprint density at radius 3 is 2.40 bits per heavy atom. The quantitative estimate of drug-likeness (QED) is 0.164. The molecule has 9 nitrogen and oxygen atoms in total. The minimum absolute atomic E-state index is 0.136. The topological polar surface area (TPSA) is 76.2 Å². The summed E-state index contributed by atoms with van der Waals surface area (Å²) in [7, 11) is 3.34. The number of ether oxygens (including phenoxy) is 5. The van der Waals surface area contributed by atoms with Crippen molar-refractivity contribution in [1.82, 2.24) is 9.80 Å². The van der Waals surface area contributed by atoms with Gasteiger partial charge in [0.2, 0.25) is 5.91 Å². The first kappa shape index (κ1) is 33.4. The van der Waals surface area contributed by atoms with Crippen LogP contribution >= 0.6 is 0 Å². The number of epoxide rings is 1. The van der Waals surface area contributed by atoms with Gasteiger partial charge in [-0.2, -0.15) is 0 Å². The zero-order chi connectivity index (χ0) is 33.0. The molecule has 2 aliphatic heterocycles. The monoisotopic (exact) mass is 643 g/mol. The molecule has 3 aliphatic rings. The molecule has 3 fully saturated rings. The first-order valence-electron chi connectivity index (χ1n) is 16.8. The number of methoxy groups -OCH3 is 2. The largest absolute Gasteiger partial charge is 0.497 e. The van der Waals surface area contributed by atoms with Crippen molar-refractivity contribution in [2.24, 2.45) is 0 Å². The van der Waals surface area contributed by atoms with Crippen LogP contribution in [0.2, 0.25) is 0 Å². The summed E-state index contributed by atoms with van der Waals surface area (Å²) >= 11 is 0. The summed E-state index contributed by atoms with van der Waals surface area (Å²) in [4.78, 5) is 21.5. The van der Waals surface area contributed by atoms with E-state index in [4.69, 9.17) is 23.7 Å². The molecule has 1 amide bonds. The molecule has 0 bridgehead atoms. The van der Waals surface area contributed by atoms with Crippen molar-refractivity contribution in [3.05, 3.63) is 83.9 Å². The van der Waals surface area contributed by atoms with E-state index in [1.54, 1.807) is 14.2 Å². The van der Waals surface area contributed by atoms with Crippen LogP contribution in [0.15, 0.2) is 72.8 Å². The third-order valence-electron chi connectivity index (χ3n) is 8.83. The van der Waals surface area contributed by atoms with E-state index in [2.05, 4.69) is 69.3 Å². The number of carbonyl (C=O) groups is 1. The molecule has 2 heterocycles. The average Bonchev–Trinajstić information content (AvgIpc) is 4.02. The Hall–Kier alpha value is -3.47. The molecule has 0 N–H and O–H groups in total. The molecule has 252 valence electrons. The standard InChI is InChI=1S/C38H49N3O6/c1-38(2,3)47-37-36(46-37)39-16-17-40(32-13-9-12-30(23-32)29-10-7-6-8-11-29)34(25-39)35(42)41(31-14-15-31)24-27-20-28(22-33(21-27)44-5)26-45-19-18-43-4/h6-13,20-23,31,34,36-37H,14-19,24-26H2,1-5H3. The smallest absolute Gasteiger partial charge is 0.247 e. The van der Waals surface area contributed by atoms with Crippen LogP contribution in [-0.4, -0.2) is 93.0 Å². The highest BCUT2D eigenvalue weighted by Crippen LogP contribution is 2.36. The molecule has 0 radical (unpaired) electrons. The highest BCUT2D eigenvalue weighted by Gasteiger charge is 2.50. The van der Waals surface area contributed by atoms with Crippen LogP contribution in [0.4, 0.5) is 5.69 Å². The van der Waals surface area contributed by atoms with Crippen molar-refractivity contribution in [3.8, 4) is 16.9 Å². The van der Waals surface area contributed by atoms with Crippen molar-refractivity contribution in [2.45, 2.75) is 77.0 Å². The Kier molecular flexibility index (Phi) is 10.5. The fourth-order valence-electron chi connectivity index (χ4n) is 6.35. The van der Waals surface area contributed by atoms with Crippen molar-refractivity contribution in [2.75, 3.05) is 52.0 Å². The molecule has 3 aromatic rings. The van der Waals surface area contributed by atoms with Crippen molar-refractivity contribution in [1.29, 1.82) is 0 Å². The number of anilines is 1. The first-order chi connectivity index (χ1) is 22.7. The Balaban J connectivity index is 1.26. The van der Waals surface area contributed by atoms with Crippen LogP contribution in [-0.2, 0) is 36.9 Å². The van der Waals surface area contributed by atoms with Gasteiger partial charge in [0, 0.05) is 45.0 Å². The minimum Gasteiger partial charge on any atom is -0.497 e. The summed E-state index contributed by atoms with van der Waals surface area (Å²) in [5.41, 5.74) is 5.08. The van der Waals surface area contributed by atoms with E-state index >= 15 is 0 Å². The Bertz CT molecular complexity index is 1490. The molecule has 0 aromatic heterocycles. The summed E-state index contributed by atoms with van der Waals surface area (Å²) in [6.45, 7) is 10.2. The third-order valence-corrected chi connectivity index (χ3v) is 8.83. The number of hydrogen-bond donors (Lipinski definition) is 0. The number of carbonyl (C=O) groups excluding carboxylic acids is 1. The third kappa shape index (κ3) is 8.72. The van der Waals surface area contributed by atoms with Gasteiger partial charge in [0.15, 0.2) is 12.5 Å². The van der Waals surface area contributed by atoms with Gasteiger partial charge in [0.25, 0.3) is 0 Å². The summed E-state index contributed by atoms with van der Waals surface area (Å²) in [5.74, 6) is 0.895. The number of rotatable bonds is 14. The predicted molar refractivity (Wildman–Crippen MR) is 182 cm³/mol. The maximum absolute atomic E-state index is 14.8. The fraction of sp³-hybridized carbons (Fsp3) is 0.500. The van der Waals surface area contributed by atoms with E-state index in [-0.39, 0.29) is 36.1 Å². The van der Waals surface area contributed by atoms with Gasteiger partial charge in [-0.05, 0) is 80.1 Å². The summed E-state index contributed by atoms with van der Waals surface area (Å²) in [5, 5.41) is 0. The molecule has 2 saturated heterocycles. The van der Waals surface area contributed by atoms with Crippen molar-refractivity contribution < 1.29 is 28.5 Å². The zero-order valence-corrected chi connectivity index (χ0v) is 28.4. The molecular formula is C38H49N3O6. The number of benzene rings is 3. The highest BCUT2D eigenvalue weighted by atomic mass is 16.8. The molecule has 3 unspecified atom stereocenters. The lowest BCUT2D eigenvalue weighted by Crippen LogP contribution is -2.60. The molecule has 1 saturated carbocycles. The van der Waals surface area contributed by atoms with E-state index in [0.717, 1.165) is 53.1 Å². The lowest BCUT2D eigenvalue weighted by atomic mass is 10.0. The van der Waals surface area contributed by atoms with Gasteiger partial charge < -0.3 is 33.5 Å². The molecule has 1 aliphatic carbocycles. The van der Waals surface area contributed by atoms with Gasteiger partial charge in [-0.25, -0.2) is 0 Å². The van der Waals surface area contributed by atoms with Gasteiger partial charge in [-0.1, -0.05) is 48.5 Å². The summed E-state index contributed by atoms with van der Waals surface area (Å²) in [6, 6.07) is 24.9. The fourth-order valence-corrected chi connectivity index (χ4v) is 6.35. The lowest BCUT2D eigenvalue weighted by Gasteiger charge is -2.43. The maximum Gasteiger partial charge on any atom is 0.247 e. The highest BCUT2D eigenvalue weighted by molar-refractivity contribution is 5.87. The van der Waals surface area contributed by atoms with E-state index in [0.29, 0.717) is 39.5 Å². The number of piperazine rings is 1. The normalized spacial score (nSPS) is 21.5. The molecular weight excluding hydrogens is 594 g/mol. The lowest BCUT2D eigenvalue weighted by molar-refractivity contribution is -0.135. The zero-order valence-electron chi connectivity index (χ0n) is 28.4. The molecule has 3 aromatic carbocycles. The van der Waals surface area contributed by atoms with E-state index in [9.17, 15) is 4.79 Å². The van der Waals surface area contributed by atoms with Crippen molar-refractivity contribution >= 4 is 11.6 Å². The van der Waals surface area contributed by atoms with E-state index in [1.165, 1.54) is 0 Å². The predicted octanol–water partition coefficient (Wildman–Crippen LogP) is 5.70. The van der Waals surface area contributed by atoms with Crippen LogP contribution in [0, 0.1) is 0 Å². The van der Waals surface area contributed by atoms with Gasteiger partial charge in [0.05, 0.1) is 32.5 Å². The summed E-state index contributed by atoms with van der Waals surface area (Å²) in [6.07, 6.45) is 1.60. The van der Waals surface area contributed by atoms with Crippen LogP contribution in [0.25, 0.3) is 11.1 Å². The van der Waals surface area contributed by atoms with Gasteiger partial charge in [0.1, 0.15) is 11.8 Å². The first-order valence-corrected chi connectivity index (χ1v) is 16.8. The van der Waals surface area contributed by atoms with Crippen LogP contribution in [0.1, 0.15) is 44.7 Å². The number of hydrogen-bond acceptors (Lipinski definition) is 8. The van der Waals surface area contributed by atoms with Gasteiger partial charge in [-0.3, -0.25) is 9.69 Å². The second kappa shape index (κ2) is 14.7. The average molecular weight is 644 g/mol. The Labute approximate surface area is 279 Å². The number of amides is 1. The Morgan fingerprint density at radius 2 is 1.68 bits per heavy atom. The van der Waals surface area contributed by atoms with E-state index in [1.807, 2.05) is 39.0 Å². The Morgan fingerprint density at radius 1 is 0.915 bits per heavy atom. The van der Waals surface area contributed by atoms with E-state index < -0.39 is 0 Å². The SMILES string of the molecule is COCCOCc1cc(CN(C(=O)C2CN(C3OC3OC(C)(C)C)CCN2c2cccc(-c3ccccc3)c2)C2CC2)cc(OC)c1. The minimum atomic E-state index is -0.377. The number of nitrogens with zero attached hydrogens (tertiary/aromatic N) is 3. The maximum atomic E-state index is 14.8.